The van der Waals surface area contributed by atoms with Gasteiger partial charge in [-0.2, -0.15) is 0 Å². The van der Waals surface area contributed by atoms with Crippen LogP contribution in [0.25, 0.3) is 22.3 Å². The minimum absolute atomic E-state index is 0.0230. The average Bonchev–Trinajstić information content (AvgIpc) is 3.57. The third-order valence-corrected chi connectivity index (χ3v) is 11.2. The number of hydrogen-bond acceptors (Lipinski definition) is 13. The standard InChI is InChI=1S/C42H48N4O11/c1-3-5-6-24-26-15-22(7-10-29(26)45-37-27(24)19-46-31(37)18-28-25(40(46)53)9-12-34(48)42(28,54)4-2)17-36(50)55-20-23-8-11-33(30(16-23)44-35(49)13-14-43)57-41-39(52)38(51)32(47)21-56-41/h7-8,10-11,15-16,18,32,38-39,41,47,51-52,54H,3-6,9,12-14,17,19-21,43H2,1-2H3,(H,44,49)/t32-,38+,39-,41?,42+/m1/s1. The van der Waals surface area contributed by atoms with Gasteiger partial charge in [0, 0.05) is 41.5 Å². The molecule has 2 aromatic heterocycles. The minimum atomic E-state index is -1.71. The number of Topliss-reactive ketones (excluding diaryl/α,β-unsaturated/α-hetero) is 1. The molecule has 1 fully saturated rings. The van der Waals surface area contributed by atoms with Crippen molar-refractivity contribution in [3.8, 4) is 17.1 Å². The summed E-state index contributed by atoms with van der Waals surface area (Å²) in [5, 5.41) is 45.2. The van der Waals surface area contributed by atoms with Gasteiger partial charge in [0.25, 0.3) is 5.56 Å². The van der Waals surface area contributed by atoms with Crippen molar-refractivity contribution in [1.29, 1.82) is 0 Å². The van der Waals surface area contributed by atoms with Crippen LogP contribution in [0, 0.1) is 0 Å². The Morgan fingerprint density at radius 3 is 2.58 bits per heavy atom. The van der Waals surface area contributed by atoms with E-state index in [-0.39, 0.29) is 74.6 Å². The molecule has 57 heavy (non-hydrogen) atoms. The SMILES string of the molecule is CCCCc1c2c(nc3ccc(CC(=O)OCc4ccc(OC5OC[C@@H](O)[C@H](O)[C@H]5O)c(NC(=O)CCN)c4)cc13)-c1cc3c(c(=O)n1C2)CCC(=O)[C@]3(O)CC. The number of carbonyl (C=O) groups is 3. The summed E-state index contributed by atoms with van der Waals surface area (Å²) in [5.41, 5.74) is 9.82. The van der Waals surface area contributed by atoms with Crippen LogP contribution in [0.15, 0.2) is 47.3 Å². The number of anilines is 1. The first kappa shape index (κ1) is 40.2. The van der Waals surface area contributed by atoms with E-state index in [0.29, 0.717) is 45.7 Å². The zero-order valence-electron chi connectivity index (χ0n) is 32.0. The number of esters is 1. The zero-order valence-corrected chi connectivity index (χ0v) is 32.0. The highest BCUT2D eigenvalue weighted by atomic mass is 16.7. The molecule has 4 aromatic rings. The van der Waals surface area contributed by atoms with Gasteiger partial charge < -0.3 is 50.3 Å². The Morgan fingerprint density at radius 1 is 1.04 bits per heavy atom. The summed E-state index contributed by atoms with van der Waals surface area (Å²) in [7, 11) is 0. The number of aliphatic hydroxyl groups is 4. The van der Waals surface area contributed by atoms with Crippen molar-refractivity contribution >= 4 is 34.3 Å². The predicted octanol–water partition coefficient (Wildman–Crippen LogP) is 2.27. The van der Waals surface area contributed by atoms with Gasteiger partial charge in [0.15, 0.2) is 5.78 Å². The first-order valence-electron chi connectivity index (χ1n) is 19.4. The van der Waals surface area contributed by atoms with E-state index in [1.807, 2.05) is 18.2 Å². The predicted molar refractivity (Wildman–Crippen MR) is 207 cm³/mol. The van der Waals surface area contributed by atoms with E-state index >= 15 is 0 Å². The highest BCUT2D eigenvalue weighted by Crippen LogP contribution is 2.41. The lowest BCUT2D eigenvalue weighted by Gasteiger charge is -2.35. The molecule has 0 saturated carbocycles. The number of hydrogen-bond donors (Lipinski definition) is 6. The number of amides is 1. The fraction of sp³-hybridized carbons (Fsp3) is 0.452. The number of aromatic nitrogens is 2. The van der Waals surface area contributed by atoms with E-state index < -0.39 is 42.1 Å². The Labute approximate surface area is 328 Å². The molecule has 3 aliphatic rings. The van der Waals surface area contributed by atoms with E-state index in [0.717, 1.165) is 35.8 Å². The number of benzene rings is 2. The molecule has 4 heterocycles. The Hall–Kier alpha value is -5.03. The molecule has 1 unspecified atom stereocenters. The lowest BCUT2D eigenvalue weighted by Crippen LogP contribution is -2.54. The molecule has 7 N–H and O–H groups in total. The number of aliphatic hydroxyl groups excluding tert-OH is 3. The van der Waals surface area contributed by atoms with Crippen LogP contribution < -0.4 is 21.3 Å². The van der Waals surface area contributed by atoms with E-state index in [1.165, 1.54) is 6.07 Å². The number of ketones is 1. The van der Waals surface area contributed by atoms with Gasteiger partial charge in [0.05, 0.1) is 42.2 Å². The number of rotatable bonds is 13. The molecule has 15 nitrogen and oxygen atoms in total. The van der Waals surface area contributed by atoms with Crippen LogP contribution in [0.4, 0.5) is 5.69 Å². The number of ether oxygens (including phenoxy) is 3. The number of nitrogens with one attached hydrogen (secondary N) is 1. The smallest absolute Gasteiger partial charge is 0.310 e. The van der Waals surface area contributed by atoms with Crippen molar-refractivity contribution < 1.29 is 49.0 Å². The highest BCUT2D eigenvalue weighted by molar-refractivity contribution is 5.93. The topological polar surface area (TPSA) is 233 Å². The maximum atomic E-state index is 13.9. The van der Waals surface area contributed by atoms with Crippen LogP contribution in [0.1, 0.15) is 79.3 Å². The van der Waals surface area contributed by atoms with Gasteiger partial charge in [-0.15, -0.1) is 0 Å². The van der Waals surface area contributed by atoms with Crippen molar-refractivity contribution in [3.05, 3.63) is 86.2 Å². The van der Waals surface area contributed by atoms with Crippen LogP contribution in [0.3, 0.4) is 0 Å². The number of carbonyl (C=O) groups excluding carboxylic acids is 3. The zero-order chi connectivity index (χ0) is 40.6. The van der Waals surface area contributed by atoms with Gasteiger partial charge >= 0.3 is 5.97 Å². The number of nitrogens with zero attached hydrogens (tertiary/aromatic N) is 2. The Balaban J connectivity index is 1.11. The Bertz CT molecular complexity index is 2290. The number of fused-ring (bicyclic) bond motifs is 5. The maximum absolute atomic E-state index is 13.9. The first-order chi connectivity index (χ1) is 27.4. The van der Waals surface area contributed by atoms with Gasteiger partial charge in [0.1, 0.15) is 36.3 Å². The molecule has 5 atom stereocenters. The summed E-state index contributed by atoms with van der Waals surface area (Å²) in [5.74, 6) is -1.07. The molecule has 7 rings (SSSR count). The molecule has 0 spiro atoms. The second-order valence-corrected chi connectivity index (χ2v) is 14.9. The molecule has 1 amide bonds. The highest BCUT2D eigenvalue weighted by Gasteiger charge is 2.43. The molecule has 0 bridgehead atoms. The molecule has 0 radical (unpaired) electrons. The Kier molecular flexibility index (Phi) is 11.6. The summed E-state index contributed by atoms with van der Waals surface area (Å²) in [6.07, 6.45) is -2.55. The summed E-state index contributed by atoms with van der Waals surface area (Å²) in [4.78, 5) is 57.4. The second kappa shape index (κ2) is 16.4. The number of aryl methyl sites for hydroxylation is 1. The molecule has 2 aliphatic heterocycles. The largest absolute Gasteiger partial charge is 0.461 e. The normalized spacial score (nSPS) is 22.5. The van der Waals surface area contributed by atoms with Gasteiger partial charge in [-0.3, -0.25) is 19.2 Å². The van der Waals surface area contributed by atoms with E-state index in [9.17, 15) is 39.6 Å². The van der Waals surface area contributed by atoms with Gasteiger partial charge in [-0.05, 0) is 72.7 Å². The van der Waals surface area contributed by atoms with Gasteiger partial charge in [-0.25, -0.2) is 4.98 Å². The van der Waals surface area contributed by atoms with Crippen LogP contribution in [0.2, 0.25) is 0 Å². The summed E-state index contributed by atoms with van der Waals surface area (Å²) < 4.78 is 18.5. The van der Waals surface area contributed by atoms with Crippen molar-refractivity contribution in [2.75, 3.05) is 18.5 Å². The lowest BCUT2D eigenvalue weighted by molar-refractivity contribution is -0.241. The summed E-state index contributed by atoms with van der Waals surface area (Å²) in [6.45, 7) is 3.87. The minimum Gasteiger partial charge on any atom is -0.461 e. The van der Waals surface area contributed by atoms with Gasteiger partial charge in [-0.1, -0.05) is 32.4 Å². The molecule has 1 aliphatic carbocycles. The average molecular weight is 785 g/mol. The van der Waals surface area contributed by atoms with Crippen molar-refractivity contribution in [2.24, 2.45) is 5.73 Å². The molecular weight excluding hydrogens is 736 g/mol. The summed E-state index contributed by atoms with van der Waals surface area (Å²) >= 11 is 0. The third kappa shape index (κ3) is 7.70. The number of nitrogens with two attached hydrogens (primary N) is 1. The molecule has 15 heteroatoms. The fourth-order valence-corrected chi connectivity index (χ4v) is 7.94. The Morgan fingerprint density at radius 2 is 1.82 bits per heavy atom. The van der Waals surface area contributed by atoms with E-state index in [4.69, 9.17) is 24.9 Å². The van der Waals surface area contributed by atoms with Crippen LogP contribution in [-0.2, 0) is 61.9 Å². The second-order valence-electron chi connectivity index (χ2n) is 14.9. The molecule has 2 aromatic carbocycles. The van der Waals surface area contributed by atoms with Gasteiger partial charge in [0.2, 0.25) is 12.2 Å². The molecule has 302 valence electrons. The fourth-order valence-electron chi connectivity index (χ4n) is 7.94. The van der Waals surface area contributed by atoms with Crippen LogP contribution >= 0.6 is 0 Å². The third-order valence-electron chi connectivity index (χ3n) is 11.2. The van der Waals surface area contributed by atoms with Crippen molar-refractivity contribution in [2.45, 2.75) is 109 Å². The van der Waals surface area contributed by atoms with Crippen molar-refractivity contribution in [1.82, 2.24) is 9.55 Å². The summed E-state index contributed by atoms with van der Waals surface area (Å²) in [6, 6.07) is 12.1. The van der Waals surface area contributed by atoms with Crippen LogP contribution in [0.5, 0.6) is 5.75 Å². The lowest BCUT2D eigenvalue weighted by atomic mass is 9.77. The monoisotopic (exact) mass is 784 g/mol. The molecular formula is C42H48N4O11. The molecule has 1 saturated heterocycles. The van der Waals surface area contributed by atoms with E-state index in [2.05, 4.69) is 12.2 Å². The quantitative estimate of drug-likeness (QED) is 0.0943. The van der Waals surface area contributed by atoms with E-state index in [1.54, 1.807) is 29.7 Å². The van der Waals surface area contributed by atoms with Crippen LogP contribution in [-0.4, -0.2) is 85.4 Å². The first-order valence-corrected chi connectivity index (χ1v) is 19.4. The number of unbranched alkanes of at least 4 members (excludes halogenated alkanes) is 1. The number of pyridine rings is 2. The maximum Gasteiger partial charge on any atom is 0.310 e. The van der Waals surface area contributed by atoms with Crippen molar-refractivity contribution in [3.63, 3.8) is 0 Å².